The monoisotopic (exact) mass is 408 g/mol. The number of hydrogen-bond donors (Lipinski definition) is 0. The quantitative estimate of drug-likeness (QED) is 0.763. The molecular formula is C25H33FN4. The second-order valence-electron chi connectivity index (χ2n) is 9.55. The smallest absolute Gasteiger partial charge is 0.128 e. The molecule has 0 spiro atoms. The molecule has 3 heterocycles. The molecule has 3 atom stereocenters. The molecule has 2 saturated heterocycles. The minimum absolute atomic E-state index is 0.00960. The van der Waals surface area contributed by atoms with Crippen LogP contribution in [-0.2, 0) is 6.42 Å². The van der Waals surface area contributed by atoms with Gasteiger partial charge in [0.05, 0.1) is 11.9 Å². The largest absolute Gasteiger partial charge is 0.370 e. The van der Waals surface area contributed by atoms with Gasteiger partial charge in [0.15, 0.2) is 0 Å². The van der Waals surface area contributed by atoms with E-state index in [4.69, 9.17) is 0 Å². The molecule has 1 aromatic carbocycles. The van der Waals surface area contributed by atoms with Crippen molar-refractivity contribution < 1.29 is 4.39 Å². The predicted octanol–water partition coefficient (Wildman–Crippen LogP) is 3.99. The molecule has 0 radical (unpaired) electrons. The van der Waals surface area contributed by atoms with Gasteiger partial charge in [0.1, 0.15) is 5.82 Å². The highest BCUT2D eigenvalue weighted by Crippen LogP contribution is 2.43. The molecule has 3 aliphatic rings. The number of rotatable bonds is 4. The van der Waals surface area contributed by atoms with Crippen LogP contribution in [0.3, 0.4) is 0 Å². The summed E-state index contributed by atoms with van der Waals surface area (Å²) in [7, 11) is 4.43. The highest BCUT2D eigenvalue weighted by atomic mass is 19.1. The Balaban J connectivity index is 1.29. The first-order valence-corrected chi connectivity index (χ1v) is 11.4. The summed E-state index contributed by atoms with van der Waals surface area (Å²) in [5.41, 5.74) is 3.43. The van der Waals surface area contributed by atoms with E-state index < -0.39 is 0 Å². The van der Waals surface area contributed by atoms with Gasteiger partial charge < -0.3 is 9.80 Å². The summed E-state index contributed by atoms with van der Waals surface area (Å²) in [4.78, 5) is 11.8. The minimum Gasteiger partial charge on any atom is -0.370 e. The van der Waals surface area contributed by atoms with E-state index in [2.05, 4.69) is 45.9 Å². The van der Waals surface area contributed by atoms with Crippen molar-refractivity contribution in [1.29, 1.82) is 0 Å². The first-order chi connectivity index (χ1) is 14.6. The van der Waals surface area contributed by atoms with Crippen LogP contribution in [0.15, 0.2) is 42.7 Å². The molecule has 5 heteroatoms. The van der Waals surface area contributed by atoms with Gasteiger partial charge >= 0.3 is 0 Å². The number of halogens is 1. The van der Waals surface area contributed by atoms with E-state index in [1.165, 1.54) is 24.1 Å². The summed E-state index contributed by atoms with van der Waals surface area (Å²) in [6.07, 6.45) is 8.35. The van der Waals surface area contributed by atoms with Gasteiger partial charge in [-0.2, -0.15) is 0 Å². The Morgan fingerprint density at radius 2 is 1.87 bits per heavy atom. The molecule has 2 aromatic rings. The molecule has 3 unspecified atom stereocenters. The number of aromatic nitrogens is 1. The van der Waals surface area contributed by atoms with E-state index in [1.54, 1.807) is 6.07 Å². The summed E-state index contributed by atoms with van der Waals surface area (Å²) in [5.74, 6) is 1.38. The van der Waals surface area contributed by atoms with Crippen molar-refractivity contribution in [3.05, 3.63) is 59.7 Å². The number of pyridine rings is 1. The Morgan fingerprint density at radius 1 is 1.03 bits per heavy atom. The normalized spacial score (nSPS) is 27.7. The lowest BCUT2D eigenvalue weighted by atomic mass is 9.81. The first kappa shape index (κ1) is 20.0. The van der Waals surface area contributed by atoms with Crippen molar-refractivity contribution in [2.24, 2.45) is 11.8 Å². The molecule has 160 valence electrons. The average Bonchev–Trinajstić information content (AvgIpc) is 3.40. The van der Waals surface area contributed by atoms with Gasteiger partial charge in [-0.1, -0.05) is 12.1 Å². The summed E-state index contributed by atoms with van der Waals surface area (Å²) < 4.78 is 14.7. The van der Waals surface area contributed by atoms with Gasteiger partial charge in [0.2, 0.25) is 0 Å². The lowest BCUT2D eigenvalue weighted by molar-refractivity contribution is 0.178. The summed E-state index contributed by atoms with van der Waals surface area (Å²) >= 11 is 0. The average molecular weight is 409 g/mol. The molecule has 0 saturated carbocycles. The number of fused-ring (bicyclic) bond motifs is 1. The third-order valence-electron chi connectivity index (χ3n) is 7.78. The summed E-state index contributed by atoms with van der Waals surface area (Å²) in [6, 6.07) is 10.6. The highest BCUT2D eigenvalue weighted by Gasteiger charge is 2.43. The zero-order valence-electron chi connectivity index (χ0n) is 18.2. The molecule has 2 fully saturated rings. The molecule has 1 aromatic heterocycles. The number of likely N-dealkylation sites (tertiary alicyclic amines) is 1. The van der Waals surface area contributed by atoms with Crippen LogP contribution >= 0.6 is 0 Å². The van der Waals surface area contributed by atoms with Crippen LogP contribution in [0.25, 0.3) is 0 Å². The van der Waals surface area contributed by atoms with Crippen LogP contribution in [0.5, 0.6) is 0 Å². The van der Waals surface area contributed by atoms with Crippen LogP contribution in [0.4, 0.5) is 10.1 Å². The van der Waals surface area contributed by atoms with Gasteiger partial charge in [-0.05, 0) is 75.4 Å². The minimum atomic E-state index is -0.00960. The lowest BCUT2D eigenvalue weighted by Crippen LogP contribution is -2.43. The molecule has 30 heavy (non-hydrogen) atoms. The molecule has 5 rings (SSSR count). The van der Waals surface area contributed by atoms with E-state index in [9.17, 15) is 4.39 Å². The van der Waals surface area contributed by atoms with Crippen LogP contribution in [-0.4, -0.2) is 61.1 Å². The third-order valence-corrected chi connectivity index (χ3v) is 7.78. The fourth-order valence-corrected chi connectivity index (χ4v) is 6.21. The Morgan fingerprint density at radius 3 is 2.60 bits per heavy atom. The maximum absolute atomic E-state index is 14.7. The van der Waals surface area contributed by atoms with E-state index in [0.717, 1.165) is 50.5 Å². The Kier molecular flexibility index (Phi) is 5.50. The van der Waals surface area contributed by atoms with Gasteiger partial charge in [-0.3, -0.25) is 9.88 Å². The highest BCUT2D eigenvalue weighted by molar-refractivity contribution is 5.44. The van der Waals surface area contributed by atoms with E-state index in [0.29, 0.717) is 12.0 Å². The second-order valence-corrected chi connectivity index (χ2v) is 9.55. The molecule has 0 N–H and O–H groups in total. The Hall–Kier alpha value is -1.98. The van der Waals surface area contributed by atoms with Crippen molar-refractivity contribution >= 4 is 5.69 Å². The van der Waals surface area contributed by atoms with Crippen LogP contribution in [0.1, 0.15) is 36.4 Å². The van der Waals surface area contributed by atoms with Crippen LogP contribution in [0, 0.1) is 17.7 Å². The molecular weight excluding hydrogens is 375 g/mol. The van der Waals surface area contributed by atoms with Gasteiger partial charge in [0.25, 0.3) is 0 Å². The predicted molar refractivity (Wildman–Crippen MR) is 119 cm³/mol. The van der Waals surface area contributed by atoms with Crippen molar-refractivity contribution in [3.8, 4) is 0 Å². The maximum atomic E-state index is 14.7. The topological polar surface area (TPSA) is 22.6 Å². The fraction of sp³-hybridized carbons (Fsp3) is 0.560. The number of nitrogens with zero attached hydrogens (tertiary/aromatic N) is 4. The molecule has 2 aliphatic heterocycles. The SMILES string of the molecule is CN(C)C1CN(C2CCc3cccc(F)c32)CC1C1CCN(c2cccnc2)CC1. The van der Waals surface area contributed by atoms with Crippen molar-refractivity contribution in [2.45, 2.75) is 37.8 Å². The second kappa shape index (κ2) is 8.27. The van der Waals surface area contributed by atoms with Crippen molar-refractivity contribution in [3.63, 3.8) is 0 Å². The van der Waals surface area contributed by atoms with Gasteiger partial charge in [-0.15, -0.1) is 0 Å². The van der Waals surface area contributed by atoms with E-state index in [-0.39, 0.29) is 11.9 Å². The Bertz CT molecular complexity index is 863. The third kappa shape index (κ3) is 3.63. The molecule has 4 nitrogen and oxygen atoms in total. The summed E-state index contributed by atoms with van der Waals surface area (Å²) in [6.45, 7) is 4.36. The Labute approximate surface area is 179 Å². The van der Waals surface area contributed by atoms with Crippen molar-refractivity contribution in [1.82, 2.24) is 14.8 Å². The zero-order chi connectivity index (χ0) is 20.7. The number of piperidine rings is 1. The molecule has 1 aliphatic carbocycles. The summed E-state index contributed by atoms with van der Waals surface area (Å²) in [5, 5.41) is 0. The van der Waals surface area contributed by atoms with E-state index >= 15 is 0 Å². The van der Waals surface area contributed by atoms with Gasteiger partial charge in [0, 0.05) is 50.0 Å². The maximum Gasteiger partial charge on any atom is 0.128 e. The number of hydrogen-bond acceptors (Lipinski definition) is 4. The number of benzene rings is 1. The van der Waals surface area contributed by atoms with Gasteiger partial charge in [-0.25, -0.2) is 4.39 Å². The zero-order valence-corrected chi connectivity index (χ0v) is 18.2. The fourth-order valence-electron chi connectivity index (χ4n) is 6.21. The van der Waals surface area contributed by atoms with E-state index in [1.807, 2.05) is 24.5 Å². The lowest BCUT2D eigenvalue weighted by Gasteiger charge is -2.38. The van der Waals surface area contributed by atoms with Crippen molar-refractivity contribution in [2.75, 3.05) is 45.2 Å². The first-order valence-electron chi connectivity index (χ1n) is 11.4. The standard InChI is InChI=1S/C25H33FN4/c1-28(2)24-17-30(23-9-8-19-5-3-7-22(26)25(19)23)16-21(24)18-10-13-29(14-11-18)20-6-4-12-27-15-20/h3-7,12,15,18,21,23-24H,8-11,13-14,16-17H2,1-2H3. The number of likely N-dealkylation sites (N-methyl/N-ethyl adjacent to an activating group) is 1. The molecule has 0 bridgehead atoms. The van der Waals surface area contributed by atoms with Crippen LogP contribution in [0.2, 0.25) is 0 Å². The number of aryl methyl sites for hydroxylation is 1. The molecule has 0 amide bonds. The number of anilines is 1. The van der Waals surface area contributed by atoms with Crippen LogP contribution < -0.4 is 4.90 Å².